The van der Waals surface area contributed by atoms with Crippen molar-refractivity contribution in [3.05, 3.63) is 58.4 Å². The van der Waals surface area contributed by atoms with E-state index in [1.54, 1.807) is 12.1 Å². The number of carbonyl (C=O) groups excluding carboxylic acids is 2. The summed E-state index contributed by atoms with van der Waals surface area (Å²) in [6.45, 7) is 2.50. The number of amides is 2. The third kappa shape index (κ3) is 4.86. The third-order valence-electron chi connectivity index (χ3n) is 3.35. The number of methoxy groups -OCH3 is 1. The van der Waals surface area contributed by atoms with Gasteiger partial charge in [-0.3, -0.25) is 20.4 Å². The van der Waals surface area contributed by atoms with Crippen LogP contribution in [0.15, 0.2) is 36.4 Å². The van der Waals surface area contributed by atoms with Crippen LogP contribution in [0, 0.1) is 5.82 Å². The zero-order valence-corrected chi connectivity index (χ0v) is 15.0. The van der Waals surface area contributed by atoms with Crippen molar-refractivity contribution in [1.82, 2.24) is 10.9 Å². The first kappa shape index (κ1) is 19.5. The number of hydrazine groups is 1. The summed E-state index contributed by atoms with van der Waals surface area (Å²) >= 11 is 5.81. The highest BCUT2D eigenvalue weighted by atomic mass is 35.5. The predicted molar refractivity (Wildman–Crippen MR) is 95.1 cm³/mol. The van der Waals surface area contributed by atoms with Crippen molar-refractivity contribution in [1.29, 1.82) is 0 Å². The average molecular weight is 381 g/mol. The molecular formula is C18H18ClFN2O4. The van der Waals surface area contributed by atoms with Crippen molar-refractivity contribution >= 4 is 23.4 Å². The van der Waals surface area contributed by atoms with Gasteiger partial charge in [-0.25, -0.2) is 4.39 Å². The largest absolute Gasteiger partial charge is 0.493 e. The van der Waals surface area contributed by atoms with E-state index in [0.29, 0.717) is 18.1 Å². The van der Waals surface area contributed by atoms with Gasteiger partial charge in [0.2, 0.25) is 0 Å². The second kappa shape index (κ2) is 9.05. The molecule has 2 N–H and O–H groups in total. The minimum Gasteiger partial charge on any atom is -0.493 e. The van der Waals surface area contributed by atoms with Gasteiger partial charge in [-0.15, -0.1) is 0 Å². The lowest BCUT2D eigenvalue weighted by molar-refractivity contribution is 0.0846. The Bertz CT molecular complexity index is 814. The summed E-state index contributed by atoms with van der Waals surface area (Å²) in [6, 6.07) is 7.99. The fourth-order valence-corrected chi connectivity index (χ4v) is 2.32. The van der Waals surface area contributed by atoms with Gasteiger partial charge in [0.1, 0.15) is 5.82 Å². The Hall–Kier alpha value is -2.80. The molecule has 0 unspecified atom stereocenters. The van der Waals surface area contributed by atoms with Gasteiger partial charge in [0.15, 0.2) is 11.5 Å². The summed E-state index contributed by atoms with van der Waals surface area (Å²) in [5, 5.41) is -0.0594. The average Bonchev–Trinajstić information content (AvgIpc) is 2.63. The molecule has 0 aliphatic carbocycles. The number of nitrogens with one attached hydrogen (secondary N) is 2. The summed E-state index contributed by atoms with van der Waals surface area (Å²) in [5.74, 6) is -0.866. The van der Waals surface area contributed by atoms with Crippen LogP contribution in [0.2, 0.25) is 5.02 Å². The monoisotopic (exact) mass is 380 g/mol. The van der Waals surface area contributed by atoms with E-state index in [0.717, 1.165) is 18.6 Å². The minimum atomic E-state index is -0.668. The molecule has 0 bridgehead atoms. The summed E-state index contributed by atoms with van der Waals surface area (Å²) in [7, 11) is 1.47. The maximum Gasteiger partial charge on any atom is 0.271 e. The number of carbonyl (C=O) groups is 2. The molecule has 2 amide bonds. The van der Waals surface area contributed by atoms with Crippen LogP contribution in [-0.2, 0) is 0 Å². The normalized spacial score (nSPS) is 10.2. The van der Waals surface area contributed by atoms with Crippen LogP contribution >= 0.6 is 11.6 Å². The van der Waals surface area contributed by atoms with Gasteiger partial charge in [-0.1, -0.05) is 18.5 Å². The van der Waals surface area contributed by atoms with Crippen molar-refractivity contribution in [2.45, 2.75) is 13.3 Å². The van der Waals surface area contributed by atoms with E-state index >= 15 is 0 Å². The van der Waals surface area contributed by atoms with Crippen LogP contribution < -0.4 is 20.3 Å². The van der Waals surface area contributed by atoms with Crippen LogP contribution in [-0.4, -0.2) is 25.5 Å². The molecule has 0 saturated carbocycles. The highest BCUT2D eigenvalue weighted by Gasteiger charge is 2.14. The van der Waals surface area contributed by atoms with E-state index < -0.39 is 17.6 Å². The van der Waals surface area contributed by atoms with Crippen molar-refractivity contribution in [2.24, 2.45) is 0 Å². The maximum absolute atomic E-state index is 13.0. The molecule has 0 aliphatic heterocycles. The van der Waals surface area contributed by atoms with Crippen LogP contribution in [0.3, 0.4) is 0 Å². The van der Waals surface area contributed by atoms with Crippen molar-refractivity contribution in [2.75, 3.05) is 13.7 Å². The van der Waals surface area contributed by atoms with Crippen LogP contribution in [0.5, 0.6) is 11.5 Å². The lowest BCUT2D eigenvalue weighted by Gasteiger charge is -2.12. The lowest BCUT2D eigenvalue weighted by atomic mass is 10.2. The Labute approximate surface area is 155 Å². The molecule has 26 heavy (non-hydrogen) atoms. The van der Waals surface area contributed by atoms with Gasteiger partial charge in [0, 0.05) is 5.56 Å². The molecule has 0 aromatic heterocycles. The zero-order chi connectivity index (χ0) is 19.1. The quantitative estimate of drug-likeness (QED) is 0.753. The van der Waals surface area contributed by atoms with E-state index in [-0.39, 0.29) is 16.1 Å². The van der Waals surface area contributed by atoms with E-state index in [1.807, 2.05) is 6.92 Å². The third-order valence-corrected chi connectivity index (χ3v) is 3.67. The molecule has 0 atom stereocenters. The molecule has 138 valence electrons. The van der Waals surface area contributed by atoms with Gasteiger partial charge < -0.3 is 9.47 Å². The Morgan fingerprint density at radius 2 is 1.81 bits per heavy atom. The molecule has 2 rings (SSSR count). The Kier molecular flexibility index (Phi) is 6.80. The molecule has 0 radical (unpaired) electrons. The van der Waals surface area contributed by atoms with E-state index in [9.17, 15) is 14.0 Å². The minimum absolute atomic E-state index is 0.0364. The zero-order valence-electron chi connectivity index (χ0n) is 14.3. The van der Waals surface area contributed by atoms with Crippen molar-refractivity contribution < 1.29 is 23.5 Å². The fourth-order valence-electron chi connectivity index (χ4n) is 2.07. The fraction of sp³-hybridized carbons (Fsp3) is 0.222. The number of rotatable bonds is 6. The first-order valence-corrected chi connectivity index (χ1v) is 8.20. The first-order chi connectivity index (χ1) is 12.5. The van der Waals surface area contributed by atoms with Crippen LogP contribution in [0.4, 0.5) is 4.39 Å². The molecular weight excluding hydrogens is 363 g/mol. The molecule has 2 aromatic carbocycles. The molecule has 0 spiro atoms. The van der Waals surface area contributed by atoms with Gasteiger partial charge in [-0.05, 0) is 42.8 Å². The van der Waals surface area contributed by atoms with Crippen molar-refractivity contribution in [3.8, 4) is 11.5 Å². The van der Waals surface area contributed by atoms with Crippen LogP contribution in [0.1, 0.15) is 34.1 Å². The standard InChI is InChI=1S/C18H18ClFN2O4/c1-3-8-26-15-7-4-11(9-16(15)25-2)17(23)21-22-18(24)13-6-5-12(20)10-14(13)19/h4-7,9-10H,3,8H2,1-2H3,(H,21,23)(H,22,24). The molecule has 2 aromatic rings. The summed E-state index contributed by atoms with van der Waals surface area (Å²) in [5.41, 5.74) is 4.79. The smallest absolute Gasteiger partial charge is 0.271 e. The van der Waals surface area contributed by atoms with E-state index in [4.69, 9.17) is 21.1 Å². The lowest BCUT2D eigenvalue weighted by Crippen LogP contribution is -2.41. The SMILES string of the molecule is CCCOc1ccc(C(=O)NNC(=O)c2ccc(F)cc2Cl)cc1OC. The van der Waals surface area contributed by atoms with Gasteiger partial charge in [0.25, 0.3) is 11.8 Å². The molecule has 0 heterocycles. The number of benzene rings is 2. The highest BCUT2D eigenvalue weighted by molar-refractivity contribution is 6.33. The maximum atomic E-state index is 13.0. The van der Waals surface area contributed by atoms with Crippen LogP contribution in [0.25, 0.3) is 0 Å². The number of hydrogen-bond acceptors (Lipinski definition) is 4. The van der Waals surface area contributed by atoms with Gasteiger partial charge in [-0.2, -0.15) is 0 Å². The summed E-state index contributed by atoms with van der Waals surface area (Å²) in [6.07, 6.45) is 0.837. The first-order valence-electron chi connectivity index (χ1n) is 7.82. The summed E-state index contributed by atoms with van der Waals surface area (Å²) in [4.78, 5) is 24.2. The Balaban J connectivity index is 2.04. The molecule has 6 nitrogen and oxygen atoms in total. The second-order valence-electron chi connectivity index (χ2n) is 5.25. The van der Waals surface area contributed by atoms with E-state index in [1.165, 1.54) is 19.2 Å². The van der Waals surface area contributed by atoms with E-state index in [2.05, 4.69) is 10.9 Å². The molecule has 8 heteroatoms. The van der Waals surface area contributed by atoms with Crippen molar-refractivity contribution in [3.63, 3.8) is 0 Å². The number of halogens is 2. The summed E-state index contributed by atoms with van der Waals surface area (Å²) < 4.78 is 23.7. The highest BCUT2D eigenvalue weighted by Crippen LogP contribution is 2.28. The van der Waals surface area contributed by atoms with Gasteiger partial charge in [0.05, 0.1) is 24.3 Å². The second-order valence-corrected chi connectivity index (χ2v) is 5.65. The van der Waals surface area contributed by atoms with Gasteiger partial charge >= 0.3 is 0 Å². The number of ether oxygens (including phenoxy) is 2. The molecule has 0 saturated heterocycles. The Morgan fingerprint density at radius 1 is 1.08 bits per heavy atom. The number of hydrogen-bond donors (Lipinski definition) is 2. The Morgan fingerprint density at radius 3 is 2.46 bits per heavy atom. The molecule has 0 aliphatic rings. The topological polar surface area (TPSA) is 76.7 Å². The predicted octanol–water partition coefficient (Wildman–Crippen LogP) is 3.35. The molecule has 0 fully saturated rings.